The van der Waals surface area contributed by atoms with Crippen molar-refractivity contribution >= 4 is 17.2 Å². The number of benzene rings is 1. The molecule has 1 aromatic carbocycles. The van der Waals surface area contributed by atoms with Crippen molar-refractivity contribution < 1.29 is 27.1 Å². The van der Waals surface area contributed by atoms with Gasteiger partial charge in [0.05, 0.1) is 31.8 Å². The first-order valence-electron chi connectivity index (χ1n) is 8.20. The van der Waals surface area contributed by atoms with Crippen molar-refractivity contribution in [1.82, 2.24) is 0 Å². The number of para-hydroxylation sites is 1. The highest BCUT2D eigenvalue weighted by Gasteiger charge is 2.44. The highest BCUT2D eigenvalue weighted by molar-refractivity contribution is 7.42. The molecule has 2 fully saturated rings. The van der Waals surface area contributed by atoms with Crippen LogP contribution in [0.4, 0.5) is 0 Å². The lowest BCUT2D eigenvalue weighted by molar-refractivity contribution is -0.0697. The molecule has 6 nitrogen and oxygen atoms in total. The molecule has 0 unspecified atom stereocenters. The third-order valence-electron chi connectivity index (χ3n) is 4.00. The van der Waals surface area contributed by atoms with E-state index in [1.807, 2.05) is 42.5 Å². The van der Waals surface area contributed by atoms with Crippen molar-refractivity contribution in [1.29, 1.82) is 0 Å². The Kier molecular flexibility index (Phi) is 5.66. The van der Waals surface area contributed by atoms with Gasteiger partial charge in [0.25, 0.3) is 0 Å². The van der Waals surface area contributed by atoms with E-state index < -0.39 is 17.2 Å². The summed E-state index contributed by atoms with van der Waals surface area (Å²) in [5.41, 5.74) is -0.290. The second kappa shape index (κ2) is 8.13. The second-order valence-electron chi connectivity index (χ2n) is 6.14. The zero-order chi connectivity index (χ0) is 17.0. The van der Waals surface area contributed by atoms with Crippen molar-refractivity contribution in [3.05, 3.63) is 54.3 Å². The molecule has 25 heavy (non-hydrogen) atoms. The number of hydrogen-bond donors (Lipinski definition) is 0. The predicted molar refractivity (Wildman–Crippen MR) is 94.7 cm³/mol. The van der Waals surface area contributed by atoms with Gasteiger partial charge < -0.3 is 27.1 Å². The van der Waals surface area contributed by atoms with Gasteiger partial charge in [-0.25, -0.2) is 0 Å². The van der Waals surface area contributed by atoms with Crippen LogP contribution in [0.15, 0.2) is 54.3 Å². The summed E-state index contributed by atoms with van der Waals surface area (Å²) in [5.74, 6) is 1.66. The summed E-state index contributed by atoms with van der Waals surface area (Å²) in [6.45, 7) is 1.97. The predicted octanol–water partition coefficient (Wildman–Crippen LogP) is 4.85. The van der Waals surface area contributed by atoms with Crippen LogP contribution in [0.3, 0.4) is 0 Å². The number of rotatable bonds is 4. The zero-order valence-electron chi connectivity index (χ0n) is 13.7. The molecule has 0 saturated carbocycles. The topological polar surface area (TPSA) is 55.4 Å². The summed E-state index contributed by atoms with van der Waals surface area (Å²) in [4.78, 5) is 0. The minimum absolute atomic E-state index is 0.290. The Morgan fingerprint density at radius 2 is 1.48 bits per heavy atom. The van der Waals surface area contributed by atoms with Crippen molar-refractivity contribution in [3.63, 3.8) is 0 Å². The van der Waals surface area contributed by atoms with E-state index in [0.29, 0.717) is 26.4 Å². The van der Waals surface area contributed by atoms with Crippen LogP contribution in [0.2, 0.25) is 0 Å². The molecule has 0 aromatic heterocycles. The second-order valence-corrected chi connectivity index (χ2v) is 8.43. The van der Waals surface area contributed by atoms with Gasteiger partial charge in [-0.05, 0) is 24.6 Å². The van der Waals surface area contributed by atoms with Crippen LogP contribution in [0.25, 0.3) is 0 Å². The van der Waals surface area contributed by atoms with Gasteiger partial charge in [-0.2, -0.15) is 0 Å². The molecule has 3 aliphatic rings. The van der Waals surface area contributed by atoms with Gasteiger partial charge in [0.2, 0.25) is 0 Å². The molecule has 1 aliphatic carbocycles. The molecule has 0 bridgehead atoms. The first kappa shape index (κ1) is 17.4. The van der Waals surface area contributed by atoms with Crippen LogP contribution in [-0.2, 0) is 22.6 Å². The Bertz CT molecular complexity index is 617. The maximum atomic E-state index is 5.79. The first-order chi connectivity index (χ1) is 12.3. The molecular formula is C17H20O6P2. The molecular weight excluding hydrogens is 362 g/mol. The van der Waals surface area contributed by atoms with E-state index >= 15 is 0 Å². The summed E-state index contributed by atoms with van der Waals surface area (Å²) in [5, 5.41) is 0. The average molecular weight is 382 g/mol. The maximum absolute atomic E-state index is 5.79. The Morgan fingerprint density at radius 1 is 0.840 bits per heavy atom. The van der Waals surface area contributed by atoms with Crippen LogP contribution < -0.4 is 4.52 Å². The van der Waals surface area contributed by atoms with E-state index in [2.05, 4.69) is 6.08 Å². The average Bonchev–Trinajstić information content (AvgIpc) is 2.68. The smallest absolute Gasteiger partial charge is 0.397 e. The number of hydrogen-bond acceptors (Lipinski definition) is 6. The SMILES string of the molecule is C1=CCCC(OP2OCC3(CO2)COP(Oc2ccccc2)OC3)=C1. The lowest BCUT2D eigenvalue weighted by atomic mass is 9.93. The van der Waals surface area contributed by atoms with Gasteiger partial charge in [0, 0.05) is 6.42 Å². The van der Waals surface area contributed by atoms with E-state index in [1.54, 1.807) is 0 Å². The lowest BCUT2D eigenvalue weighted by Gasteiger charge is -2.41. The zero-order valence-corrected chi connectivity index (χ0v) is 15.5. The molecule has 2 aliphatic heterocycles. The Labute approximate surface area is 149 Å². The Hall–Kier alpha value is -1.00. The highest BCUT2D eigenvalue weighted by atomic mass is 31.2. The van der Waals surface area contributed by atoms with Gasteiger partial charge >= 0.3 is 17.2 Å². The maximum Gasteiger partial charge on any atom is 0.397 e. The quantitative estimate of drug-likeness (QED) is 0.694. The molecule has 2 heterocycles. The van der Waals surface area contributed by atoms with Gasteiger partial charge in [0.1, 0.15) is 11.5 Å². The fraction of sp³-hybridized carbons (Fsp3) is 0.412. The van der Waals surface area contributed by atoms with Crippen molar-refractivity contribution in [2.24, 2.45) is 5.41 Å². The summed E-state index contributed by atoms with van der Waals surface area (Å²) in [7, 11) is -2.71. The molecule has 134 valence electrons. The van der Waals surface area contributed by atoms with Crippen LogP contribution >= 0.6 is 17.2 Å². The van der Waals surface area contributed by atoms with Crippen LogP contribution in [0.1, 0.15) is 12.8 Å². The van der Waals surface area contributed by atoms with Crippen LogP contribution in [0, 0.1) is 5.41 Å². The minimum atomic E-state index is -1.38. The summed E-state index contributed by atoms with van der Waals surface area (Å²) < 4.78 is 34.6. The Morgan fingerprint density at radius 3 is 2.08 bits per heavy atom. The van der Waals surface area contributed by atoms with E-state index in [-0.39, 0.29) is 5.41 Å². The summed E-state index contributed by atoms with van der Waals surface area (Å²) >= 11 is 0. The monoisotopic (exact) mass is 382 g/mol. The van der Waals surface area contributed by atoms with Crippen LogP contribution in [-0.4, -0.2) is 26.4 Å². The third-order valence-corrected chi connectivity index (χ3v) is 6.10. The van der Waals surface area contributed by atoms with Gasteiger partial charge in [-0.15, -0.1) is 0 Å². The fourth-order valence-corrected chi connectivity index (χ4v) is 5.02. The molecule has 0 amide bonds. The van der Waals surface area contributed by atoms with Gasteiger partial charge in [-0.3, -0.25) is 0 Å². The summed E-state index contributed by atoms with van der Waals surface area (Å²) in [6.07, 6.45) is 7.96. The van der Waals surface area contributed by atoms with Crippen molar-refractivity contribution in [3.8, 4) is 5.75 Å². The molecule has 1 spiro atoms. The minimum Gasteiger partial charge on any atom is -0.431 e. The van der Waals surface area contributed by atoms with E-state index in [4.69, 9.17) is 27.1 Å². The normalized spacial score (nSPS) is 32.2. The first-order valence-corrected chi connectivity index (χ1v) is 10.4. The molecule has 4 rings (SSSR count). The van der Waals surface area contributed by atoms with Crippen LogP contribution in [0.5, 0.6) is 5.75 Å². The molecule has 1 aromatic rings. The van der Waals surface area contributed by atoms with E-state index in [9.17, 15) is 0 Å². The molecule has 0 atom stereocenters. The lowest BCUT2D eigenvalue weighted by Crippen LogP contribution is -2.45. The van der Waals surface area contributed by atoms with Crippen molar-refractivity contribution in [2.75, 3.05) is 26.4 Å². The van der Waals surface area contributed by atoms with Gasteiger partial charge in [0.15, 0.2) is 0 Å². The Balaban J connectivity index is 1.24. The van der Waals surface area contributed by atoms with Gasteiger partial charge in [-0.1, -0.05) is 30.4 Å². The van der Waals surface area contributed by atoms with E-state index in [1.165, 1.54) is 0 Å². The number of allylic oxidation sites excluding steroid dienone is 4. The largest absolute Gasteiger partial charge is 0.431 e. The fourth-order valence-electron chi connectivity index (χ4n) is 2.51. The third kappa shape index (κ3) is 4.59. The summed E-state index contributed by atoms with van der Waals surface area (Å²) in [6, 6.07) is 9.53. The standard InChI is InChI=1S/C17H20O6P2/c1-3-7-15(8-4-1)22-24-18-11-17(12-19-24)13-20-25(21-14-17)23-16-9-5-2-6-10-16/h1-5,7-9H,6,10-14H2. The molecule has 2 saturated heterocycles. The molecule has 8 heteroatoms. The van der Waals surface area contributed by atoms with E-state index in [0.717, 1.165) is 24.4 Å². The molecule has 0 N–H and O–H groups in total. The highest BCUT2D eigenvalue weighted by Crippen LogP contribution is 2.53. The molecule has 0 radical (unpaired) electrons. The van der Waals surface area contributed by atoms with Crippen molar-refractivity contribution in [2.45, 2.75) is 12.8 Å².